The van der Waals surface area contributed by atoms with Gasteiger partial charge in [0.15, 0.2) is 11.6 Å². The summed E-state index contributed by atoms with van der Waals surface area (Å²) < 4.78 is 0. The number of aliphatic hydroxyl groups is 1. The van der Waals surface area contributed by atoms with E-state index in [1.165, 1.54) is 6.92 Å². The van der Waals surface area contributed by atoms with Crippen molar-refractivity contribution in [3.8, 4) is 0 Å². The molecule has 8 nitrogen and oxygen atoms in total. The molecule has 2 saturated carbocycles. The van der Waals surface area contributed by atoms with Gasteiger partial charge in [0.1, 0.15) is 23.5 Å². The molecule has 4 aliphatic rings. The summed E-state index contributed by atoms with van der Waals surface area (Å²) in [6.45, 7) is 12.1. The number of Topliss-reactive ketones (excluding diaryl/α,β-unsaturated/α-hetero) is 5. The van der Waals surface area contributed by atoms with Gasteiger partial charge in [0.2, 0.25) is 0 Å². The molecule has 0 bridgehead atoms. The zero-order valence-corrected chi connectivity index (χ0v) is 23.5. The van der Waals surface area contributed by atoms with Crippen molar-refractivity contribution in [1.82, 2.24) is 0 Å². The van der Waals surface area contributed by atoms with Crippen LogP contribution in [0.1, 0.15) is 87.0 Å². The molecule has 0 saturated heterocycles. The Morgan fingerprint density at radius 1 is 0.921 bits per heavy atom. The van der Waals surface area contributed by atoms with E-state index < -0.39 is 63.2 Å². The third kappa shape index (κ3) is 3.51. The molecule has 0 radical (unpaired) electrons. The molecule has 38 heavy (non-hydrogen) atoms. The second kappa shape index (κ2) is 8.77. The third-order valence-electron chi connectivity index (χ3n) is 11.3. The zero-order valence-electron chi connectivity index (χ0n) is 23.5. The number of carbonyl (C=O) groups is 6. The Morgan fingerprint density at radius 3 is 2.11 bits per heavy atom. The Morgan fingerprint density at radius 2 is 1.53 bits per heavy atom. The molecule has 2 fully saturated rings. The highest BCUT2D eigenvalue weighted by Crippen LogP contribution is 2.69. The van der Waals surface area contributed by atoms with Crippen LogP contribution in [0.4, 0.5) is 0 Å². The van der Waals surface area contributed by atoms with E-state index >= 15 is 0 Å². The molecule has 8 atom stereocenters. The highest BCUT2D eigenvalue weighted by molar-refractivity contribution is 6.18. The lowest BCUT2D eigenvalue weighted by Gasteiger charge is -2.59. The Bertz CT molecular complexity index is 1190. The van der Waals surface area contributed by atoms with Gasteiger partial charge in [-0.2, -0.15) is 0 Å². The van der Waals surface area contributed by atoms with Gasteiger partial charge >= 0.3 is 5.97 Å². The van der Waals surface area contributed by atoms with Crippen LogP contribution in [0, 0.1) is 45.3 Å². The molecule has 208 valence electrons. The molecule has 0 heterocycles. The maximum absolute atomic E-state index is 14.1. The molecule has 0 aliphatic heterocycles. The number of aliphatic hydroxyl groups excluding tert-OH is 1. The lowest BCUT2D eigenvalue weighted by Crippen LogP contribution is -2.64. The minimum absolute atomic E-state index is 0.00839. The largest absolute Gasteiger partial charge is 0.481 e. The summed E-state index contributed by atoms with van der Waals surface area (Å²) in [6, 6.07) is 0. The lowest BCUT2D eigenvalue weighted by molar-refractivity contribution is -0.158. The van der Waals surface area contributed by atoms with Gasteiger partial charge in [-0.1, -0.05) is 41.5 Å². The third-order valence-corrected chi connectivity index (χ3v) is 11.3. The minimum Gasteiger partial charge on any atom is -0.481 e. The fourth-order valence-corrected chi connectivity index (χ4v) is 8.67. The van der Waals surface area contributed by atoms with E-state index in [4.69, 9.17) is 5.11 Å². The first-order valence-corrected chi connectivity index (χ1v) is 13.7. The first-order valence-electron chi connectivity index (χ1n) is 13.7. The molecular formula is C30H40O8. The number of rotatable bonds is 6. The van der Waals surface area contributed by atoms with Crippen LogP contribution in [-0.2, 0) is 28.8 Å². The summed E-state index contributed by atoms with van der Waals surface area (Å²) >= 11 is 0. The van der Waals surface area contributed by atoms with Crippen molar-refractivity contribution < 1.29 is 39.0 Å². The predicted molar refractivity (Wildman–Crippen MR) is 137 cm³/mol. The van der Waals surface area contributed by atoms with E-state index in [9.17, 15) is 33.9 Å². The first kappa shape index (κ1) is 28.5. The van der Waals surface area contributed by atoms with Crippen molar-refractivity contribution in [3.05, 3.63) is 11.1 Å². The first-order chi connectivity index (χ1) is 17.4. The molecule has 0 spiro atoms. The van der Waals surface area contributed by atoms with E-state index in [0.29, 0.717) is 6.42 Å². The van der Waals surface area contributed by atoms with Crippen molar-refractivity contribution in [2.24, 2.45) is 45.3 Å². The quantitative estimate of drug-likeness (QED) is 0.533. The summed E-state index contributed by atoms with van der Waals surface area (Å²) in [6.07, 6.45) is -0.983. The Kier molecular flexibility index (Phi) is 6.58. The van der Waals surface area contributed by atoms with Gasteiger partial charge in [-0.15, -0.1) is 0 Å². The minimum atomic E-state index is -1.55. The van der Waals surface area contributed by atoms with Gasteiger partial charge in [-0.3, -0.25) is 28.8 Å². The van der Waals surface area contributed by atoms with Gasteiger partial charge in [0, 0.05) is 59.5 Å². The van der Waals surface area contributed by atoms with Crippen LogP contribution in [-0.4, -0.2) is 51.2 Å². The van der Waals surface area contributed by atoms with Gasteiger partial charge in [-0.05, 0) is 31.1 Å². The van der Waals surface area contributed by atoms with E-state index in [0.717, 1.165) is 0 Å². The molecule has 0 aromatic rings. The molecule has 8 heteroatoms. The van der Waals surface area contributed by atoms with E-state index in [1.807, 2.05) is 20.8 Å². The maximum atomic E-state index is 14.1. The van der Waals surface area contributed by atoms with Gasteiger partial charge < -0.3 is 10.2 Å². The average molecular weight is 529 g/mol. The standard InChI is InChI=1S/C30H40O8/c1-14(10-16(31)11-15(2)26(37)38)17-12-21(34)30(7)22-18(32)13-19-27(3,4)20(33)8-9-28(19,5)23(22)24(35)25(36)29(17,30)6/h14-15,17,19,25,36H,8-13H2,1-7H3,(H,37,38)/t14-,15?,17+,19-,25+,28-,29-,30-/m0/s1. The summed E-state index contributed by atoms with van der Waals surface area (Å²) in [5, 5.41) is 20.9. The van der Waals surface area contributed by atoms with Crippen LogP contribution in [0.5, 0.6) is 0 Å². The fraction of sp³-hybridized carbons (Fsp3) is 0.733. The number of fused-ring (bicyclic) bond motifs is 4. The van der Waals surface area contributed by atoms with Crippen molar-refractivity contribution >= 4 is 34.9 Å². The van der Waals surface area contributed by atoms with Crippen LogP contribution >= 0.6 is 0 Å². The second-order valence-corrected chi connectivity index (χ2v) is 13.6. The zero-order chi connectivity index (χ0) is 28.7. The number of hydrogen-bond acceptors (Lipinski definition) is 7. The van der Waals surface area contributed by atoms with Crippen LogP contribution in [0.25, 0.3) is 0 Å². The SMILES string of the molecule is CC(CC(=O)C[C@H](C)[C@H]1CC(=O)[C@@]2(C)C3=C(C(=O)[C@@H](O)[C@]12C)[C@@]1(C)CCC(=O)C(C)(C)[C@@H]1CC3=O)C(=O)O. The van der Waals surface area contributed by atoms with E-state index in [2.05, 4.69) is 0 Å². The molecule has 2 N–H and O–H groups in total. The number of hydrogen-bond donors (Lipinski definition) is 2. The average Bonchev–Trinajstić information content (AvgIpc) is 3.03. The summed E-state index contributed by atoms with van der Waals surface area (Å²) in [5.41, 5.74) is -3.95. The maximum Gasteiger partial charge on any atom is 0.306 e. The Hall–Kier alpha value is -2.48. The van der Waals surface area contributed by atoms with Crippen molar-refractivity contribution in [2.45, 2.75) is 93.1 Å². The van der Waals surface area contributed by atoms with Crippen LogP contribution in [0.15, 0.2) is 11.1 Å². The van der Waals surface area contributed by atoms with E-state index in [1.54, 1.807) is 20.8 Å². The topological polar surface area (TPSA) is 143 Å². The molecule has 0 aromatic carbocycles. The number of carboxylic acids is 1. The normalized spacial score (nSPS) is 39.8. The highest BCUT2D eigenvalue weighted by Gasteiger charge is 2.73. The van der Waals surface area contributed by atoms with Crippen molar-refractivity contribution in [3.63, 3.8) is 0 Å². The molecule has 4 rings (SSSR count). The van der Waals surface area contributed by atoms with Gasteiger partial charge in [0.25, 0.3) is 0 Å². The highest BCUT2D eigenvalue weighted by atomic mass is 16.4. The Balaban J connectivity index is 1.81. The van der Waals surface area contributed by atoms with Crippen LogP contribution in [0.2, 0.25) is 0 Å². The molecule has 0 amide bonds. The Labute approximate surface area is 223 Å². The number of ketones is 5. The molecule has 0 aromatic heterocycles. The predicted octanol–water partition coefficient (Wildman–Crippen LogP) is 3.52. The monoisotopic (exact) mass is 528 g/mol. The van der Waals surface area contributed by atoms with Crippen molar-refractivity contribution in [1.29, 1.82) is 0 Å². The molecule has 4 aliphatic carbocycles. The van der Waals surface area contributed by atoms with E-state index in [-0.39, 0.29) is 66.4 Å². The summed E-state index contributed by atoms with van der Waals surface area (Å²) in [7, 11) is 0. The second-order valence-electron chi connectivity index (χ2n) is 13.6. The van der Waals surface area contributed by atoms with Gasteiger partial charge in [-0.25, -0.2) is 0 Å². The smallest absolute Gasteiger partial charge is 0.306 e. The van der Waals surface area contributed by atoms with Crippen LogP contribution in [0.3, 0.4) is 0 Å². The number of allylic oxidation sites excluding steroid dienone is 1. The van der Waals surface area contributed by atoms with Gasteiger partial charge in [0.05, 0.1) is 11.3 Å². The number of carboxylic acid groups (broad SMARTS) is 1. The van der Waals surface area contributed by atoms with Crippen molar-refractivity contribution in [2.75, 3.05) is 0 Å². The summed E-state index contributed by atoms with van der Waals surface area (Å²) in [5.74, 6) is -4.60. The number of carbonyl (C=O) groups excluding carboxylic acids is 5. The molecule has 1 unspecified atom stereocenters. The molecular weight excluding hydrogens is 488 g/mol. The van der Waals surface area contributed by atoms with Crippen LogP contribution < -0.4 is 0 Å². The number of aliphatic carboxylic acids is 1. The lowest BCUT2D eigenvalue weighted by atomic mass is 9.42. The fourth-order valence-electron chi connectivity index (χ4n) is 8.67. The summed E-state index contributed by atoms with van der Waals surface area (Å²) in [4.78, 5) is 78.5.